The van der Waals surface area contributed by atoms with E-state index in [2.05, 4.69) is 20.4 Å². The fourth-order valence-corrected chi connectivity index (χ4v) is 0. The minimum absolute atomic E-state index is 0. The van der Waals surface area contributed by atoms with Crippen LogP contribution < -0.4 is 0 Å². The Morgan fingerprint density at radius 2 is 2.00 bits per heavy atom. The normalized spacial score (nSPS) is 5.80. The van der Waals surface area contributed by atoms with Gasteiger partial charge in [-0.05, 0) is 6.92 Å². The van der Waals surface area contributed by atoms with Crippen LogP contribution in [0.2, 0.25) is 0 Å². The first-order chi connectivity index (χ1) is 1.91. The average molecular weight is 79.0 g/mol. The van der Waals surface area contributed by atoms with E-state index in [0.717, 1.165) is 6.61 Å². The SMILES string of the molecule is CC[O][Al].[Li]. The minimum Gasteiger partial charge on any atom is -0.516 e. The van der Waals surface area contributed by atoms with Crippen molar-refractivity contribution in [2.24, 2.45) is 0 Å². The Morgan fingerprint density at radius 1 is 1.80 bits per heavy atom. The molecule has 0 saturated carbocycles. The van der Waals surface area contributed by atoms with Crippen molar-refractivity contribution in [1.82, 2.24) is 0 Å². The van der Waals surface area contributed by atoms with E-state index in [-0.39, 0.29) is 18.9 Å². The van der Waals surface area contributed by atoms with Crippen LogP contribution in [0.3, 0.4) is 0 Å². The molecule has 0 aliphatic rings. The fourth-order valence-electron chi connectivity index (χ4n) is 0. The van der Waals surface area contributed by atoms with Crippen molar-refractivity contribution in [3.8, 4) is 0 Å². The van der Waals surface area contributed by atoms with Gasteiger partial charge in [0, 0.05) is 25.5 Å². The Kier molecular flexibility index (Phi) is 16.8. The Hall–Kier alpha value is 1.09. The molecule has 0 aliphatic heterocycles. The van der Waals surface area contributed by atoms with Gasteiger partial charge in [0.25, 0.3) is 0 Å². The van der Waals surface area contributed by atoms with Crippen molar-refractivity contribution in [1.29, 1.82) is 0 Å². The van der Waals surface area contributed by atoms with Gasteiger partial charge in [-0.1, -0.05) is 0 Å². The molecule has 0 spiro atoms. The minimum atomic E-state index is 0. The third-order valence-corrected chi connectivity index (χ3v) is 0.500. The average Bonchev–Trinajstić information content (AvgIpc) is 1.37. The van der Waals surface area contributed by atoms with E-state index in [1.165, 1.54) is 0 Å². The van der Waals surface area contributed by atoms with Gasteiger partial charge in [0.1, 0.15) is 0 Å². The van der Waals surface area contributed by atoms with Gasteiger partial charge in [-0.2, -0.15) is 0 Å². The maximum atomic E-state index is 4.46. The van der Waals surface area contributed by atoms with Gasteiger partial charge in [0.2, 0.25) is 0 Å². The maximum Gasteiger partial charge on any atom is 0.369 e. The van der Waals surface area contributed by atoms with Crippen LogP contribution in [-0.4, -0.2) is 42.1 Å². The molecular weight excluding hydrogens is 73.9 g/mol. The molecule has 0 amide bonds. The van der Waals surface area contributed by atoms with Crippen molar-refractivity contribution in [3.63, 3.8) is 0 Å². The molecule has 3 radical (unpaired) electrons. The topological polar surface area (TPSA) is 9.23 Å². The number of rotatable bonds is 1. The van der Waals surface area contributed by atoms with Gasteiger partial charge in [-0.3, -0.25) is 0 Å². The van der Waals surface area contributed by atoms with E-state index in [1.54, 1.807) is 0 Å². The van der Waals surface area contributed by atoms with Gasteiger partial charge < -0.3 is 3.79 Å². The summed E-state index contributed by atoms with van der Waals surface area (Å²) in [6, 6.07) is 0. The summed E-state index contributed by atoms with van der Waals surface area (Å²) in [5, 5.41) is 0. The summed E-state index contributed by atoms with van der Waals surface area (Å²) in [6.07, 6.45) is 0. The van der Waals surface area contributed by atoms with E-state index in [9.17, 15) is 0 Å². The molecule has 0 atom stereocenters. The molecule has 0 heterocycles. The molecule has 0 aromatic heterocycles. The molecule has 3 heteroatoms. The zero-order valence-corrected chi connectivity index (χ0v) is 4.85. The molecular formula is C2H5AlLiO. The van der Waals surface area contributed by atoms with E-state index >= 15 is 0 Å². The van der Waals surface area contributed by atoms with E-state index in [1.807, 2.05) is 6.92 Å². The zero-order valence-electron chi connectivity index (χ0n) is 3.69. The fraction of sp³-hybridized carbons (Fsp3) is 1.00. The molecule has 0 N–H and O–H groups in total. The zero-order chi connectivity index (χ0) is 3.41. The van der Waals surface area contributed by atoms with Crippen molar-refractivity contribution >= 4 is 35.5 Å². The van der Waals surface area contributed by atoms with Crippen LogP contribution in [0.4, 0.5) is 0 Å². The largest absolute Gasteiger partial charge is 0.516 e. The molecule has 23 valence electrons. The number of hydrogen-bond donors (Lipinski definition) is 0. The van der Waals surface area contributed by atoms with E-state index < -0.39 is 0 Å². The molecule has 0 aromatic rings. The summed E-state index contributed by atoms with van der Waals surface area (Å²) >= 11 is 2.16. The first-order valence-electron chi connectivity index (χ1n) is 1.23. The second-order valence-corrected chi connectivity index (χ2v) is 0.789. The summed E-state index contributed by atoms with van der Waals surface area (Å²) in [5.41, 5.74) is 0. The monoisotopic (exact) mass is 79.0 g/mol. The predicted molar refractivity (Wildman–Crippen MR) is 23.1 cm³/mol. The Bertz CT molecular complexity index is 11.6. The van der Waals surface area contributed by atoms with E-state index in [0.29, 0.717) is 0 Å². The van der Waals surface area contributed by atoms with Gasteiger partial charge >= 0.3 is 16.6 Å². The van der Waals surface area contributed by atoms with Gasteiger partial charge in [0.05, 0.1) is 0 Å². The Labute approximate surface area is 53.0 Å². The Balaban J connectivity index is 0. The second-order valence-electron chi connectivity index (χ2n) is 0.455. The van der Waals surface area contributed by atoms with Crippen LogP contribution in [0.25, 0.3) is 0 Å². The molecule has 0 rings (SSSR count). The molecule has 5 heavy (non-hydrogen) atoms. The van der Waals surface area contributed by atoms with Crippen molar-refractivity contribution in [2.75, 3.05) is 6.61 Å². The van der Waals surface area contributed by atoms with Gasteiger partial charge in [0.15, 0.2) is 0 Å². The predicted octanol–water partition coefficient (Wildman–Crippen LogP) is -0.274. The molecule has 0 unspecified atom stereocenters. The quantitative estimate of drug-likeness (QED) is 0.393. The van der Waals surface area contributed by atoms with Crippen molar-refractivity contribution < 1.29 is 3.79 Å². The van der Waals surface area contributed by atoms with Gasteiger partial charge in [-0.25, -0.2) is 0 Å². The molecule has 0 saturated heterocycles. The van der Waals surface area contributed by atoms with Crippen LogP contribution >= 0.6 is 0 Å². The van der Waals surface area contributed by atoms with Crippen molar-refractivity contribution in [3.05, 3.63) is 0 Å². The maximum absolute atomic E-state index is 4.46. The summed E-state index contributed by atoms with van der Waals surface area (Å²) < 4.78 is 4.46. The molecule has 0 fully saturated rings. The molecule has 0 aliphatic carbocycles. The Morgan fingerprint density at radius 3 is 2.00 bits per heavy atom. The third-order valence-electron chi connectivity index (χ3n) is 0.167. The third kappa shape index (κ3) is 11.1. The second kappa shape index (κ2) is 8.92. The first-order valence-corrected chi connectivity index (χ1v) is 1.70. The van der Waals surface area contributed by atoms with Gasteiger partial charge in [-0.15, -0.1) is 0 Å². The molecule has 1 nitrogen and oxygen atoms in total. The van der Waals surface area contributed by atoms with Crippen LogP contribution in [0.5, 0.6) is 0 Å². The summed E-state index contributed by atoms with van der Waals surface area (Å²) in [6.45, 7) is 2.72. The van der Waals surface area contributed by atoms with Crippen LogP contribution in [0.1, 0.15) is 6.92 Å². The number of hydrogen-bond acceptors (Lipinski definition) is 1. The molecule has 0 aromatic carbocycles. The van der Waals surface area contributed by atoms with Crippen LogP contribution in [-0.2, 0) is 3.79 Å². The van der Waals surface area contributed by atoms with Crippen LogP contribution in [0, 0.1) is 0 Å². The van der Waals surface area contributed by atoms with Crippen molar-refractivity contribution in [2.45, 2.75) is 6.92 Å². The van der Waals surface area contributed by atoms with Crippen LogP contribution in [0.15, 0.2) is 0 Å². The molecule has 0 bridgehead atoms. The summed E-state index contributed by atoms with van der Waals surface area (Å²) in [4.78, 5) is 0. The standard InChI is InChI=1S/C2H5O.Al.Li/c1-2-3;;/h2H2,1H3;;/q-1;+1;. The van der Waals surface area contributed by atoms with E-state index in [4.69, 9.17) is 0 Å². The summed E-state index contributed by atoms with van der Waals surface area (Å²) in [7, 11) is 0. The first kappa shape index (κ1) is 9.43. The summed E-state index contributed by atoms with van der Waals surface area (Å²) in [5.74, 6) is 0. The smallest absolute Gasteiger partial charge is 0.369 e.